The molecule has 1 atom stereocenters. The molecule has 0 radical (unpaired) electrons. The van der Waals surface area contributed by atoms with E-state index in [9.17, 15) is 32.3 Å². The molecule has 0 aliphatic carbocycles. The molecule has 0 spiro atoms. The van der Waals surface area contributed by atoms with Crippen molar-refractivity contribution < 1.29 is 51.2 Å². The first kappa shape index (κ1) is 35.2. The highest BCUT2D eigenvalue weighted by atomic mass is 35.5. The third-order valence-electron chi connectivity index (χ3n) is 6.37. The molecule has 0 N–H and O–H groups in total. The number of benzene rings is 2. The van der Waals surface area contributed by atoms with Crippen LogP contribution in [0.1, 0.15) is 37.9 Å². The maximum absolute atomic E-state index is 14.4. The van der Waals surface area contributed by atoms with Gasteiger partial charge in [0.2, 0.25) is 0 Å². The molecule has 47 heavy (non-hydrogen) atoms. The Morgan fingerprint density at radius 2 is 1.55 bits per heavy atom. The lowest BCUT2D eigenvalue weighted by molar-refractivity contribution is -0.146. The molecule has 0 fully saturated rings. The Morgan fingerprint density at radius 1 is 0.936 bits per heavy atom. The second-order valence-electron chi connectivity index (χ2n) is 9.50. The number of esters is 3. The van der Waals surface area contributed by atoms with E-state index < -0.39 is 60.2 Å². The Kier molecular flexibility index (Phi) is 11.5. The van der Waals surface area contributed by atoms with Crippen molar-refractivity contribution in [3.8, 4) is 11.5 Å². The SMILES string of the molecule is CCOC(=O)COc1ccc(/C=c2/sc3n(c2=O)[C@@H](c2ccc(Cl)cc2)C(C(=O)OCC)=C(C(F)(F)F)N=3)c(OCC(=O)OCC)c1. The number of fused-ring (bicyclic) bond motifs is 1. The zero-order valence-electron chi connectivity index (χ0n) is 25.2. The van der Waals surface area contributed by atoms with Gasteiger partial charge in [0.05, 0.1) is 36.0 Å². The van der Waals surface area contributed by atoms with Gasteiger partial charge in [-0.1, -0.05) is 35.1 Å². The van der Waals surface area contributed by atoms with Gasteiger partial charge in [-0.15, -0.1) is 0 Å². The Labute approximate surface area is 274 Å². The van der Waals surface area contributed by atoms with E-state index in [1.807, 2.05) is 0 Å². The fraction of sp³-hybridized carbons (Fsp3) is 0.323. The first-order chi connectivity index (χ1) is 22.4. The lowest BCUT2D eigenvalue weighted by Crippen LogP contribution is -2.41. The minimum absolute atomic E-state index is 0.0303. The summed E-state index contributed by atoms with van der Waals surface area (Å²) in [7, 11) is 0. The van der Waals surface area contributed by atoms with Crippen LogP contribution in [0.3, 0.4) is 0 Å². The lowest BCUT2D eigenvalue weighted by Gasteiger charge is -2.26. The molecule has 2 heterocycles. The summed E-state index contributed by atoms with van der Waals surface area (Å²) < 4.78 is 69.9. The number of carbonyl (C=O) groups excluding carboxylic acids is 3. The maximum Gasteiger partial charge on any atom is 0.434 e. The van der Waals surface area contributed by atoms with Gasteiger partial charge < -0.3 is 23.7 Å². The summed E-state index contributed by atoms with van der Waals surface area (Å²) in [5, 5.41) is 0.281. The molecule has 0 unspecified atom stereocenters. The number of aromatic nitrogens is 1. The van der Waals surface area contributed by atoms with Gasteiger partial charge in [-0.2, -0.15) is 13.2 Å². The van der Waals surface area contributed by atoms with Crippen molar-refractivity contribution in [3.63, 3.8) is 0 Å². The van der Waals surface area contributed by atoms with Crippen molar-refractivity contribution in [3.05, 3.63) is 89.6 Å². The van der Waals surface area contributed by atoms with Gasteiger partial charge >= 0.3 is 24.1 Å². The molecule has 11 nitrogen and oxygen atoms in total. The van der Waals surface area contributed by atoms with Gasteiger partial charge in [-0.05, 0) is 56.7 Å². The summed E-state index contributed by atoms with van der Waals surface area (Å²) in [5.41, 5.74) is -2.74. The molecular formula is C31H28ClF3N2O9S. The van der Waals surface area contributed by atoms with E-state index in [1.54, 1.807) is 13.8 Å². The van der Waals surface area contributed by atoms with Crippen molar-refractivity contribution >= 4 is 46.9 Å². The van der Waals surface area contributed by atoms with E-state index in [0.717, 1.165) is 4.57 Å². The van der Waals surface area contributed by atoms with Crippen molar-refractivity contribution in [1.29, 1.82) is 0 Å². The van der Waals surface area contributed by atoms with E-state index in [0.29, 0.717) is 11.3 Å². The molecule has 250 valence electrons. The average Bonchev–Trinajstić information content (AvgIpc) is 3.33. The van der Waals surface area contributed by atoms with Crippen molar-refractivity contribution in [2.24, 2.45) is 4.99 Å². The third-order valence-corrected chi connectivity index (χ3v) is 7.60. The van der Waals surface area contributed by atoms with Crippen molar-refractivity contribution in [2.45, 2.75) is 33.0 Å². The zero-order valence-corrected chi connectivity index (χ0v) is 26.8. The Hall–Kier alpha value is -4.63. The second kappa shape index (κ2) is 15.3. The number of alkyl halides is 3. The summed E-state index contributed by atoms with van der Waals surface area (Å²) in [5.74, 6) is -2.41. The monoisotopic (exact) mass is 696 g/mol. The quantitative estimate of drug-likeness (QED) is 0.205. The molecule has 0 saturated heterocycles. The molecule has 1 aliphatic rings. The van der Waals surface area contributed by atoms with Crippen LogP contribution in [0.4, 0.5) is 13.2 Å². The Bertz CT molecular complexity index is 1870. The van der Waals surface area contributed by atoms with Crippen LogP contribution >= 0.6 is 22.9 Å². The molecule has 1 aliphatic heterocycles. The number of hydrogen-bond donors (Lipinski definition) is 0. The van der Waals surface area contributed by atoms with Crippen molar-refractivity contribution in [1.82, 2.24) is 4.57 Å². The molecule has 0 saturated carbocycles. The van der Waals surface area contributed by atoms with Crippen LogP contribution in [0.25, 0.3) is 6.08 Å². The first-order valence-electron chi connectivity index (χ1n) is 14.1. The highest BCUT2D eigenvalue weighted by molar-refractivity contribution is 7.07. The van der Waals surface area contributed by atoms with Gasteiger partial charge in [-0.25, -0.2) is 19.4 Å². The molecular weight excluding hydrogens is 669 g/mol. The number of carbonyl (C=O) groups is 3. The number of allylic oxidation sites excluding steroid dienone is 1. The summed E-state index contributed by atoms with van der Waals surface area (Å²) >= 11 is 6.66. The van der Waals surface area contributed by atoms with E-state index in [-0.39, 0.29) is 56.8 Å². The fourth-order valence-corrected chi connectivity index (χ4v) is 5.59. The smallest absolute Gasteiger partial charge is 0.434 e. The molecule has 0 bridgehead atoms. The van der Waals surface area contributed by atoms with Gasteiger partial charge in [0, 0.05) is 16.7 Å². The lowest BCUT2D eigenvalue weighted by atomic mass is 9.95. The molecule has 4 rings (SSSR count). The molecule has 2 aromatic carbocycles. The van der Waals surface area contributed by atoms with Crippen molar-refractivity contribution in [2.75, 3.05) is 33.0 Å². The normalized spacial score (nSPS) is 14.6. The second-order valence-corrected chi connectivity index (χ2v) is 10.9. The number of hydrogen-bond acceptors (Lipinski definition) is 11. The van der Waals surface area contributed by atoms with Crippen LogP contribution in [0.5, 0.6) is 11.5 Å². The summed E-state index contributed by atoms with van der Waals surface area (Å²) in [6.07, 6.45) is -3.74. The van der Waals surface area contributed by atoms with Gasteiger partial charge in [0.1, 0.15) is 11.5 Å². The number of thiazole rings is 1. The van der Waals surface area contributed by atoms with Gasteiger partial charge in [0.25, 0.3) is 5.56 Å². The predicted molar refractivity (Wildman–Crippen MR) is 163 cm³/mol. The highest BCUT2D eigenvalue weighted by Gasteiger charge is 2.45. The minimum Gasteiger partial charge on any atom is -0.482 e. The largest absolute Gasteiger partial charge is 0.482 e. The van der Waals surface area contributed by atoms with Crippen LogP contribution < -0.4 is 24.4 Å². The number of halogens is 4. The maximum atomic E-state index is 14.4. The van der Waals surface area contributed by atoms with E-state index in [2.05, 4.69) is 4.99 Å². The summed E-state index contributed by atoms with van der Waals surface area (Å²) in [6.45, 7) is 3.77. The average molecular weight is 697 g/mol. The van der Waals surface area contributed by atoms with E-state index in [1.165, 1.54) is 55.5 Å². The summed E-state index contributed by atoms with van der Waals surface area (Å²) in [4.78, 5) is 54.1. The molecule has 1 aromatic heterocycles. The topological polar surface area (TPSA) is 132 Å². The highest BCUT2D eigenvalue weighted by Crippen LogP contribution is 2.38. The van der Waals surface area contributed by atoms with Crippen LogP contribution in [0.15, 0.2) is 63.5 Å². The molecule has 0 amide bonds. The zero-order chi connectivity index (χ0) is 34.3. The Morgan fingerprint density at radius 3 is 2.15 bits per heavy atom. The predicted octanol–water partition coefficient (Wildman–Crippen LogP) is 3.88. The van der Waals surface area contributed by atoms with Gasteiger partial charge in [-0.3, -0.25) is 9.36 Å². The number of rotatable bonds is 12. The van der Waals surface area contributed by atoms with Crippen LogP contribution in [-0.4, -0.2) is 61.7 Å². The van der Waals surface area contributed by atoms with Crippen LogP contribution in [-0.2, 0) is 28.6 Å². The molecule has 3 aromatic rings. The fourth-order valence-electron chi connectivity index (χ4n) is 4.48. The number of nitrogens with zero attached hydrogens (tertiary/aromatic N) is 2. The standard InChI is InChI=1S/C31H28ClF3N2O9S/c1-4-42-23(38)15-45-20-12-9-18(21(14-20)46-16-24(39)43-5-2)13-22-28(40)37-26(17-7-10-19(32)11-8-17)25(29(41)44-6-3)27(31(33,34)35)36-30(37)47-22/h7-14,26H,4-6,15-16H2,1-3H3/b22-13+/t26-/m0/s1. The van der Waals surface area contributed by atoms with Gasteiger partial charge in [0.15, 0.2) is 23.7 Å². The summed E-state index contributed by atoms with van der Waals surface area (Å²) in [6, 6.07) is 8.36. The third kappa shape index (κ3) is 8.40. The first-order valence-corrected chi connectivity index (χ1v) is 15.3. The van der Waals surface area contributed by atoms with E-state index >= 15 is 0 Å². The Balaban J connectivity index is 1.89. The molecule has 16 heteroatoms. The van der Waals surface area contributed by atoms with Crippen LogP contribution in [0.2, 0.25) is 5.02 Å². The minimum atomic E-state index is -5.07. The van der Waals surface area contributed by atoms with E-state index in [4.69, 9.17) is 35.3 Å². The number of ether oxygens (including phenoxy) is 5. The van der Waals surface area contributed by atoms with Crippen LogP contribution in [0, 0.1) is 0 Å².